The summed E-state index contributed by atoms with van der Waals surface area (Å²) in [5.74, 6) is 0. The average molecular weight is 838 g/mol. The molecule has 1 heterocycles. The predicted octanol–water partition coefficient (Wildman–Crippen LogP) is 15.6. The molecule has 0 N–H and O–H groups in total. The van der Waals surface area contributed by atoms with Crippen LogP contribution < -0.4 is 15.3 Å². The molecule has 12 rings (SSSR count). The first-order valence-electron chi connectivity index (χ1n) is 22.8. The maximum Gasteiger partial charge on any atom is 0.113 e. The van der Waals surface area contributed by atoms with Gasteiger partial charge in [0, 0.05) is 27.8 Å². The van der Waals surface area contributed by atoms with E-state index in [2.05, 4.69) is 246 Å². The number of rotatable bonds is 6. The van der Waals surface area contributed by atoms with E-state index in [1.807, 2.05) is 0 Å². The minimum Gasteiger partial charge on any atom is -0.310 e. The molecule has 0 unspecified atom stereocenters. The summed E-state index contributed by atoms with van der Waals surface area (Å²) in [6.07, 6.45) is 0. The fraction of sp³-hybridized carbons (Fsp3) is 0.129. The summed E-state index contributed by atoms with van der Waals surface area (Å²) in [7, 11) is -2.17. The molecule has 0 radical (unpaired) electrons. The fourth-order valence-corrected chi connectivity index (χ4v) is 14.8. The molecule has 0 spiro atoms. The van der Waals surface area contributed by atoms with Gasteiger partial charge in [0.15, 0.2) is 0 Å². The zero-order valence-electron chi connectivity index (χ0n) is 37.5. The number of nitrogens with zero attached hydrogens (tertiary/aromatic N) is 1. The van der Waals surface area contributed by atoms with Crippen molar-refractivity contribution in [2.75, 3.05) is 4.90 Å². The Balaban J connectivity index is 0.991. The van der Waals surface area contributed by atoms with Gasteiger partial charge in [-0.1, -0.05) is 205 Å². The second kappa shape index (κ2) is 14.0. The molecule has 0 saturated heterocycles. The van der Waals surface area contributed by atoms with Crippen LogP contribution in [0.4, 0.5) is 17.1 Å². The van der Waals surface area contributed by atoms with Crippen molar-refractivity contribution < 1.29 is 0 Å². The molecular weight excluding hydrogens is 787 g/mol. The standard InChI is InChI=1S/C62H51NSi/c1-61(2)53-25-15-13-23-52(53)60-47(24-17-26-54(60)61)43-29-33-50-51-35-31-45(39-59(51)64(5,6)58(50)37-43)63(57-27-16-14-22-46(57)41-20-11-8-12-21-41)44-30-34-49-48-32-28-42(40-18-9-7-10-19-40)36-55(48)62(3,4)56(49)38-44/h7-39H,1-6H3. The van der Waals surface area contributed by atoms with Gasteiger partial charge in [-0.3, -0.25) is 0 Å². The zero-order valence-corrected chi connectivity index (χ0v) is 38.5. The van der Waals surface area contributed by atoms with E-state index < -0.39 is 8.07 Å². The molecule has 2 heteroatoms. The summed E-state index contributed by atoms with van der Waals surface area (Å²) in [5, 5.41) is 3.01. The SMILES string of the molecule is CC1(C)c2cc(-c3ccccc3)ccc2-c2ccc(N(c3ccc4c(c3)[Si](C)(C)c3cc(-c5cccc6c5-c5ccccc5C6(C)C)ccc3-4)c3ccccc3-c3ccccc3)cc21. The van der Waals surface area contributed by atoms with Gasteiger partial charge in [0.25, 0.3) is 0 Å². The summed E-state index contributed by atoms with van der Waals surface area (Å²) in [6.45, 7) is 14.7. The van der Waals surface area contributed by atoms with E-state index in [1.54, 1.807) is 0 Å². The number of benzene rings is 9. The summed E-state index contributed by atoms with van der Waals surface area (Å²) < 4.78 is 0. The molecule has 1 nitrogen and oxygen atoms in total. The Morgan fingerprint density at radius 3 is 1.59 bits per heavy atom. The maximum atomic E-state index is 2.56. The average Bonchev–Trinajstić information content (AvgIpc) is 3.81. The van der Waals surface area contributed by atoms with Crippen LogP contribution >= 0.6 is 0 Å². The van der Waals surface area contributed by atoms with Gasteiger partial charge < -0.3 is 4.90 Å². The summed E-state index contributed by atoms with van der Waals surface area (Å²) >= 11 is 0. The van der Waals surface area contributed by atoms with Gasteiger partial charge in [-0.15, -0.1) is 0 Å². The molecule has 0 amide bonds. The van der Waals surface area contributed by atoms with E-state index in [1.165, 1.54) is 116 Å². The van der Waals surface area contributed by atoms with Gasteiger partial charge >= 0.3 is 0 Å². The first-order chi connectivity index (χ1) is 31.0. The molecule has 9 aromatic carbocycles. The molecule has 0 aromatic heterocycles. The van der Waals surface area contributed by atoms with Gasteiger partial charge in [0.2, 0.25) is 0 Å². The van der Waals surface area contributed by atoms with Crippen molar-refractivity contribution in [2.45, 2.75) is 51.6 Å². The topological polar surface area (TPSA) is 3.24 Å². The number of fused-ring (bicyclic) bond motifs is 9. The molecule has 1 aliphatic heterocycles. The fourth-order valence-electron chi connectivity index (χ4n) is 11.7. The second-order valence-corrected chi connectivity index (χ2v) is 24.0. The van der Waals surface area contributed by atoms with Crippen molar-refractivity contribution in [1.29, 1.82) is 0 Å². The van der Waals surface area contributed by atoms with Crippen molar-refractivity contribution in [3.05, 3.63) is 222 Å². The highest BCUT2D eigenvalue weighted by Crippen LogP contribution is 2.54. The Bertz CT molecular complexity index is 3350. The van der Waals surface area contributed by atoms with Crippen molar-refractivity contribution in [1.82, 2.24) is 0 Å². The summed E-state index contributed by atoms with van der Waals surface area (Å²) in [4.78, 5) is 2.53. The van der Waals surface area contributed by atoms with Crippen LogP contribution in [0.3, 0.4) is 0 Å². The zero-order chi connectivity index (χ0) is 43.5. The van der Waals surface area contributed by atoms with Crippen LogP contribution in [0, 0.1) is 0 Å². The third-order valence-corrected chi connectivity index (χ3v) is 18.6. The van der Waals surface area contributed by atoms with E-state index in [0.29, 0.717) is 0 Å². The molecule has 64 heavy (non-hydrogen) atoms. The van der Waals surface area contributed by atoms with Gasteiger partial charge in [0.05, 0.1) is 5.69 Å². The van der Waals surface area contributed by atoms with E-state index >= 15 is 0 Å². The minimum atomic E-state index is -2.17. The van der Waals surface area contributed by atoms with Crippen LogP contribution in [0.1, 0.15) is 49.9 Å². The Morgan fingerprint density at radius 1 is 0.328 bits per heavy atom. The quantitative estimate of drug-likeness (QED) is 0.151. The van der Waals surface area contributed by atoms with Crippen molar-refractivity contribution in [2.24, 2.45) is 0 Å². The Morgan fingerprint density at radius 2 is 0.844 bits per heavy atom. The van der Waals surface area contributed by atoms with Crippen LogP contribution in [-0.4, -0.2) is 8.07 Å². The number of anilines is 3. The lowest BCUT2D eigenvalue weighted by molar-refractivity contribution is 0.660. The van der Waals surface area contributed by atoms with Crippen LogP contribution in [0.25, 0.3) is 66.8 Å². The summed E-state index contributed by atoms with van der Waals surface area (Å²) in [6, 6.07) is 75.5. The predicted molar refractivity (Wildman–Crippen MR) is 275 cm³/mol. The van der Waals surface area contributed by atoms with Gasteiger partial charge in [-0.25, -0.2) is 0 Å². The molecule has 0 saturated carbocycles. The lowest BCUT2D eigenvalue weighted by atomic mass is 9.81. The highest BCUT2D eigenvalue weighted by Gasteiger charge is 2.41. The molecule has 2 aliphatic carbocycles. The van der Waals surface area contributed by atoms with Gasteiger partial charge in [-0.05, 0) is 130 Å². The van der Waals surface area contributed by atoms with Crippen molar-refractivity contribution in [3.63, 3.8) is 0 Å². The van der Waals surface area contributed by atoms with Gasteiger partial charge in [0.1, 0.15) is 8.07 Å². The number of hydrogen-bond acceptors (Lipinski definition) is 1. The first-order valence-corrected chi connectivity index (χ1v) is 25.8. The third kappa shape index (κ3) is 5.61. The van der Waals surface area contributed by atoms with E-state index in [4.69, 9.17) is 0 Å². The molecule has 0 bridgehead atoms. The maximum absolute atomic E-state index is 2.56. The van der Waals surface area contributed by atoms with Crippen LogP contribution in [-0.2, 0) is 10.8 Å². The van der Waals surface area contributed by atoms with Crippen LogP contribution in [0.15, 0.2) is 200 Å². The second-order valence-electron chi connectivity index (χ2n) is 19.7. The van der Waals surface area contributed by atoms with Crippen molar-refractivity contribution >= 4 is 35.5 Å². The monoisotopic (exact) mass is 837 g/mol. The van der Waals surface area contributed by atoms with Crippen molar-refractivity contribution in [3.8, 4) is 66.8 Å². The number of para-hydroxylation sites is 1. The molecule has 9 aromatic rings. The largest absolute Gasteiger partial charge is 0.310 e. The molecular formula is C62H51NSi. The van der Waals surface area contributed by atoms with Crippen LogP contribution in [0.2, 0.25) is 13.1 Å². The van der Waals surface area contributed by atoms with E-state index in [-0.39, 0.29) is 10.8 Å². The lowest BCUT2D eigenvalue weighted by Gasteiger charge is -2.31. The van der Waals surface area contributed by atoms with E-state index in [9.17, 15) is 0 Å². The molecule has 0 fully saturated rings. The highest BCUT2D eigenvalue weighted by atomic mass is 28.3. The number of hydrogen-bond donors (Lipinski definition) is 0. The molecule has 308 valence electrons. The smallest absolute Gasteiger partial charge is 0.113 e. The molecule has 0 atom stereocenters. The molecule has 3 aliphatic rings. The third-order valence-electron chi connectivity index (χ3n) is 15.1. The normalized spacial score (nSPS) is 15.1. The highest BCUT2D eigenvalue weighted by molar-refractivity contribution is 7.04. The lowest BCUT2D eigenvalue weighted by Crippen LogP contribution is -2.49. The Labute approximate surface area is 379 Å². The van der Waals surface area contributed by atoms with Gasteiger partial charge in [-0.2, -0.15) is 0 Å². The first kappa shape index (κ1) is 38.7. The van der Waals surface area contributed by atoms with Crippen LogP contribution in [0.5, 0.6) is 0 Å². The Kier molecular flexibility index (Phi) is 8.45. The minimum absolute atomic E-state index is 0.0329. The van der Waals surface area contributed by atoms with E-state index in [0.717, 1.165) is 0 Å². The Hall–Kier alpha value is -7.00. The summed E-state index contributed by atoms with van der Waals surface area (Å²) in [5.41, 5.74) is 24.7.